The molecule has 0 bridgehead atoms. The van der Waals surface area contributed by atoms with E-state index in [1.165, 1.54) is 6.33 Å². The van der Waals surface area contributed by atoms with Crippen molar-refractivity contribution in [2.45, 2.75) is 31.2 Å². The summed E-state index contributed by atoms with van der Waals surface area (Å²) in [4.78, 5) is 42.9. The lowest BCUT2D eigenvalue weighted by Gasteiger charge is -2.19. The first-order valence-corrected chi connectivity index (χ1v) is 11.1. The van der Waals surface area contributed by atoms with Gasteiger partial charge in [-0.25, -0.2) is 9.78 Å². The number of nitrogens with zero attached hydrogens (tertiary/aromatic N) is 1. The number of H-pyrrole nitrogens is 1. The molecule has 9 heteroatoms. The minimum Gasteiger partial charge on any atom is -0.481 e. The van der Waals surface area contributed by atoms with E-state index in [2.05, 4.69) is 32.7 Å². The molecule has 1 aromatic heterocycles. The molecule has 2 amide bonds. The molecule has 2 aromatic carbocycles. The normalized spacial score (nSPS) is 12.9. The lowest BCUT2D eigenvalue weighted by Crippen LogP contribution is -2.48. The Morgan fingerprint density at radius 3 is 2.35 bits per heavy atom. The first-order valence-electron chi connectivity index (χ1n) is 11.1. The highest BCUT2D eigenvalue weighted by molar-refractivity contribution is 5.86. The molecule has 0 aliphatic heterocycles. The molecule has 0 radical (unpaired) electrons. The molecule has 1 aliphatic carbocycles. The zero-order valence-corrected chi connectivity index (χ0v) is 18.5. The van der Waals surface area contributed by atoms with Gasteiger partial charge in [0.2, 0.25) is 5.91 Å². The minimum atomic E-state index is -0.931. The van der Waals surface area contributed by atoms with Gasteiger partial charge in [0, 0.05) is 37.2 Å². The largest absolute Gasteiger partial charge is 0.481 e. The summed E-state index contributed by atoms with van der Waals surface area (Å²) >= 11 is 0. The summed E-state index contributed by atoms with van der Waals surface area (Å²) in [5, 5.41) is 14.1. The fourth-order valence-electron chi connectivity index (χ4n) is 4.18. The molecule has 3 aromatic rings. The lowest BCUT2D eigenvalue weighted by molar-refractivity contribution is -0.137. The molecular weight excluding hydrogens is 436 g/mol. The second-order valence-corrected chi connectivity index (χ2v) is 8.09. The maximum Gasteiger partial charge on any atom is 0.407 e. The van der Waals surface area contributed by atoms with Gasteiger partial charge in [-0.2, -0.15) is 0 Å². The molecule has 0 saturated heterocycles. The van der Waals surface area contributed by atoms with Crippen LogP contribution in [0.1, 0.15) is 35.6 Å². The van der Waals surface area contributed by atoms with Crippen LogP contribution in [0.15, 0.2) is 61.1 Å². The number of carboxylic acid groups (broad SMARTS) is 1. The van der Waals surface area contributed by atoms with Gasteiger partial charge in [0.05, 0.1) is 6.33 Å². The highest BCUT2D eigenvalue weighted by Gasteiger charge is 2.30. The molecule has 4 N–H and O–H groups in total. The standard InChI is InChI=1S/C25H26N4O5/c30-23(31)10-5-11-27-24(32)22(12-16-13-26-15-28-16)29-25(33)34-14-21-19-8-3-1-6-17(19)18-7-2-4-9-20(18)21/h1-4,6-9,13,15,21-22H,5,10-12,14H2,(H,26,28)(H,27,32)(H,29,33)(H,30,31)/t22-/m1/s1. The number of aliphatic carboxylic acids is 1. The second-order valence-electron chi connectivity index (χ2n) is 8.09. The Hall–Kier alpha value is -4.14. The molecule has 34 heavy (non-hydrogen) atoms. The van der Waals surface area contributed by atoms with Gasteiger partial charge in [-0.1, -0.05) is 48.5 Å². The van der Waals surface area contributed by atoms with E-state index in [1.807, 2.05) is 36.4 Å². The molecule has 0 unspecified atom stereocenters. The highest BCUT2D eigenvalue weighted by Crippen LogP contribution is 2.44. The van der Waals surface area contributed by atoms with Crippen molar-refractivity contribution in [3.8, 4) is 11.1 Å². The lowest BCUT2D eigenvalue weighted by atomic mass is 9.98. The van der Waals surface area contributed by atoms with Crippen molar-refractivity contribution in [3.63, 3.8) is 0 Å². The third-order valence-electron chi connectivity index (χ3n) is 5.80. The maximum atomic E-state index is 12.7. The average Bonchev–Trinajstić information content (AvgIpc) is 3.46. The third kappa shape index (κ3) is 5.43. The van der Waals surface area contributed by atoms with Crippen LogP contribution in [0.4, 0.5) is 4.79 Å². The number of amides is 2. The van der Waals surface area contributed by atoms with Crippen molar-refractivity contribution in [1.29, 1.82) is 0 Å². The number of fused-ring (bicyclic) bond motifs is 3. The van der Waals surface area contributed by atoms with Gasteiger partial charge < -0.3 is 25.5 Å². The summed E-state index contributed by atoms with van der Waals surface area (Å²) in [6.07, 6.45) is 2.80. The van der Waals surface area contributed by atoms with Crippen molar-refractivity contribution < 1.29 is 24.2 Å². The van der Waals surface area contributed by atoms with E-state index in [-0.39, 0.29) is 31.9 Å². The van der Waals surface area contributed by atoms with E-state index < -0.39 is 24.0 Å². The molecule has 1 atom stereocenters. The Labute approximate surface area is 196 Å². The van der Waals surface area contributed by atoms with Gasteiger partial charge in [0.25, 0.3) is 0 Å². The third-order valence-corrected chi connectivity index (χ3v) is 5.80. The maximum absolute atomic E-state index is 12.7. The summed E-state index contributed by atoms with van der Waals surface area (Å²) in [6, 6.07) is 15.2. The fourth-order valence-corrected chi connectivity index (χ4v) is 4.18. The van der Waals surface area contributed by atoms with Crippen molar-refractivity contribution in [2.75, 3.05) is 13.2 Å². The summed E-state index contributed by atoms with van der Waals surface area (Å²) in [6.45, 7) is 0.327. The van der Waals surface area contributed by atoms with Crippen LogP contribution in [0.25, 0.3) is 11.1 Å². The van der Waals surface area contributed by atoms with Gasteiger partial charge in [-0.3, -0.25) is 9.59 Å². The number of aromatic nitrogens is 2. The molecule has 1 aliphatic rings. The van der Waals surface area contributed by atoms with Crippen LogP contribution in [0, 0.1) is 0 Å². The molecular formula is C25H26N4O5. The summed E-state index contributed by atoms with van der Waals surface area (Å²) in [7, 11) is 0. The predicted molar refractivity (Wildman–Crippen MR) is 124 cm³/mol. The smallest absolute Gasteiger partial charge is 0.407 e. The van der Waals surface area contributed by atoms with E-state index >= 15 is 0 Å². The Bertz CT molecular complexity index is 1120. The van der Waals surface area contributed by atoms with E-state index in [4.69, 9.17) is 9.84 Å². The Morgan fingerprint density at radius 2 is 1.74 bits per heavy atom. The number of ether oxygens (including phenoxy) is 1. The number of imidazole rings is 1. The molecule has 9 nitrogen and oxygen atoms in total. The summed E-state index contributed by atoms with van der Waals surface area (Å²) in [5.41, 5.74) is 5.13. The first kappa shape index (κ1) is 23.0. The van der Waals surface area contributed by atoms with Crippen molar-refractivity contribution in [3.05, 3.63) is 77.9 Å². The van der Waals surface area contributed by atoms with Crippen LogP contribution < -0.4 is 10.6 Å². The predicted octanol–water partition coefficient (Wildman–Crippen LogP) is 2.84. The molecule has 4 rings (SSSR count). The number of nitrogens with one attached hydrogen (secondary N) is 3. The Balaban J connectivity index is 1.39. The number of carbonyl (C=O) groups excluding carboxylic acids is 2. The number of benzene rings is 2. The Kier molecular flexibility index (Phi) is 7.22. The number of rotatable bonds is 10. The van der Waals surface area contributed by atoms with Crippen LogP contribution in [0.3, 0.4) is 0 Å². The number of aromatic amines is 1. The van der Waals surface area contributed by atoms with Crippen molar-refractivity contribution in [2.24, 2.45) is 0 Å². The van der Waals surface area contributed by atoms with Crippen LogP contribution in [0.5, 0.6) is 0 Å². The van der Waals surface area contributed by atoms with Crippen LogP contribution in [-0.2, 0) is 20.7 Å². The van der Waals surface area contributed by atoms with Crippen molar-refractivity contribution in [1.82, 2.24) is 20.6 Å². The van der Waals surface area contributed by atoms with E-state index in [9.17, 15) is 14.4 Å². The van der Waals surface area contributed by atoms with Gasteiger partial charge in [-0.05, 0) is 28.7 Å². The molecule has 0 saturated carbocycles. The Morgan fingerprint density at radius 1 is 1.06 bits per heavy atom. The number of alkyl carbamates (subject to hydrolysis) is 1. The summed E-state index contributed by atoms with van der Waals surface area (Å²) < 4.78 is 5.56. The first-order chi connectivity index (χ1) is 16.5. The van der Waals surface area contributed by atoms with Crippen LogP contribution >= 0.6 is 0 Å². The zero-order valence-electron chi connectivity index (χ0n) is 18.5. The monoisotopic (exact) mass is 462 g/mol. The van der Waals surface area contributed by atoms with E-state index in [1.54, 1.807) is 6.20 Å². The number of carboxylic acids is 1. The molecule has 0 spiro atoms. The minimum absolute atomic E-state index is 0.0503. The average molecular weight is 463 g/mol. The molecule has 176 valence electrons. The second kappa shape index (κ2) is 10.7. The molecule has 0 fully saturated rings. The van der Waals surface area contributed by atoms with E-state index in [0.717, 1.165) is 22.3 Å². The van der Waals surface area contributed by atoms with Gasteiger partial charge in [-0.15, -0.1) is 0 Å². The fraction of sp³-hybridized carbons (Fsp3) is 0.280. The SMILES string of the molecule is O=C(O)CCCNC(=O)[C@@H](Cc1cnc[nH]1)NC(=O)OCC1c2ccccc2-c2ccccc21. The van der Waals surface area contributed by atoms with Gasteiger partial charge in [0.1, 0.15) is 12.6 Å². The highest BCUT2D eigenvalue weighted by atomic mass is 16.5. The number of carbonyl (C=O) groups is 3. The van der Waals surface area contributed by atoms with Crippen LogP contribution in [-0.4, -0.2) is 52.2 Å². The number of hydrogen-bond acceptors (Lipinski definition) is 5. The quantitative estimate of drug-likeness (QED) is 0.343. The van der Waals surface area contributed by atoms with Gasteiger partial charge in [0.15, 0.2) is 0 Å². The topological polar surface area (TPSA) is 133 Å². The molecule has 1 heterocycles. The van der Waals surface area contributed by atoms with Crippen LogP contribution in [0.2, 0.25) is 0 Å². The van der Waals surface area contributed by atoms with E-state index in [0.29, 0.717) is 12.1 Å². The summed E-state index contributed by atoms with van der Waals surface area (Å²) in [5.74, 6) is -1.44. The zero-order chi connectivity index (χ0) is 23.9. The van der Waals surface area contributed by atoms with Crippen molar-refractivity contribution >= 4 is 18.0 Å². The number of hydrogen-bond donors (Lipinski definition) is 4. The van der Waals surface area contributed by atoms with Gasteiger partial charge >= 0.3 is 12.1 Å².